The molecule has 2 aromatic rings. The van der Waals surface area contributed by atoms with Crippen molar-refractivity contribution in [3.63, 3.8) is 0 Å². The van der Waals surface area contributed by atoms with Crippen LogP contribution in [0.15, 0.2) is 29.6 Å². The van der Waals surface area contributed by atoms with Crippen LogP contribution in [-0.2, 0) is 6.54 Å². The predicted molar refractivity (Wildman–Crippen MR) is 70.9 cm³/mol. The summed E-state index contributed by atoms with van der Waals surface area (Å²) in [5.41, 5.74) is 1.63. The molecule has 2 rings (SSSR count). The van der Waals surface area contributed by atoms with Crippen LogP contribution in [0.25, 0.3) is 0 Å². The van der Waals surface area contributed by atoms with Gasteiger partial charge >= 0.3 is 0 Å². The van der Waals surface area contributed by atoms with Crippen LogP contribution in [0.1, 0.15) is 23.0 Å². The third kappa shape index (κ3) is 3.28. The number of halogens is 1. The van der Waals surface area contributed by atoms with Crippen molar-refractivity contribution in [1.29, 1.82) is 0 Å². The van der Waals surface area contributed by atoms with Crippen LogP contribution in [0.4, 0.5) is 5.13 Å². The highest BCUT2D eigenvalue weighted by atomic mass is 35.5. The number of carbonyl (C=O) groups is 1. The van der Waals surface area contributed by atoms with Crippen molar-refractivity contribution in [3.05, 3.63) is 45.9 Å². The van der Waals surface area contributed by atoms with Gasteiger partial charge in [0.2, 0.25) is 0 Å². The lowest BCUT2D eigenvalue weighted by Crippen LogP contribution is -1.99. The van der Waals surface area contributed by atoms with E-state index in [1.165, 1.54) is 18.3 Å². The molecule has 17 heavy (non-hydrogen) atoms. The summed E-state index contributed by atoms with van der Waals surface area (Å²) in [6.07, 6.45) is 0. The van der Waals surface area contributed by atoms with Crippen LogP contribution in [0.5, 0.6) is 0 Å². The van der Waals surface area contributed by atoms with Gasteiger partial charge in [0.1, 0.15) is 5.69 Å². The standard InChI is InChI=1S/C12H11ClN2OS/c1-8(16)11-7-17-12(15-11)14-6-9-2-4-10(13)5-3-9/h2-5,7H,6H2,1H3,(H,14,15). The molecule has 0 saturated carbocycles. The minimum Gasteiger partial charge on any atom is -0.357 e. The Labute approximate surface area is 108 Å². The fraction of sp³-hybridized carbons (Fsp3) is 0.167. The average Bonchev–Trinajstić information content (AvgIpc) is 2.77. The van der Waals surface area contributed by atoms with E-state index in [0.717, 1.165) is 15.7 Å². The first-order valence-corrected chi connectivity index (χ1v) is 6.35. The van der Waals surface area contributed by atoms with Crippen LogP contribution in [0.3, 0.4) is 0 Å². The number of hydrogen-bond acceptors (Lipinski definition) is 4. The van der Waals surface area contributed by atoms with Crippen molar-refractivity contribution in [2.45, 2.75) is 13.5 Å². The highest BCUT2D eigenvalue weighted by Gasteiger charge is 2.05. The van der Waals surface area contributed by atoms with Crippen molar-refractivity contribution >= 4 is 33.9 Å². The maximum absolute atomic E-state index is 11.1. The Kier molecular flexibility index (Phi) is 3.76. The summed E-state index contributed by atoms with van der Waals surface area (Å²) in [7, 11) is 0. The first-order chi connectivity index (χ1) is 8.15. The molecule has 0 aliphatic carbocycles. The largest absolute Gasteiger partial charge is 0.357 e. The van der Waals surface area contributed by atoms with E-state index in [-0.39, 0.29) is 5.78 Å². The number of nitrogens with zero attached hydrogens (tertiary/aromatic N) is 1. The number of thiazole rings is 1. The third-order valence-corrected chi connectivity index (χ3v) is 3.27. The van der Waals surface area contributed by atoms with Crippen molar-refractivity contribution in [2.24, 2.45) is 0 Å². The number of carbonyl (C=O) groups excluding carboxylic acids is 1. The van der Waals surface area contributed by atoms with E-state index in [4.69, 9.17) is 11.6 Å². The van der Waals surface area contributed by atoms with Gasteiger partial charge in [-0.05, 0) is 17.7 Å². The van der Waals surface area contributed by atoms with E-state index >= 15 is 0 Å². The quantitative estimate of drug-likeness (QED) is 0.860. The Hall–Kier alpha value is -1.39. The SMILES string of the molecule is CC(=O)c1csc(NCc2ccc(Cl)cc2)n1. The Morgan fingerprint density at radius 1 is 1.41 bits per heavy atom. The van der Waals surface area contributed by atoms with Crippen LogP contribution in [0, 0.1) is 0 Å². The van der Waals surface area contributed by atoms with Gasteiger partial charge in [0.25, 0.3) is 0 Å². The second-order valence-corrected chi connectivity index (χ2v) is 4.87. The summed E-state index contributed by atoms with van der Waals surface area (Å²) in [4.78, 5) is 15.2. The molecule has 0 aliphatic heterocycles. The number of nitrogens with one attached hydrogen (secondary N) is 1. The molecule has 0 atom stereocenters. The number of ketones is 1. The van der Waals surface area contributed by atoms with E-state index in [0.29, 0.717) is 12.2 Å². The van der Waals surface area contributed by atoms with E-state index < -0.39 is 0 Å². The van der Waals surface area contributed by atoms with Crippen LogP contribution in [-0.4, -0.2) is 10.8 Å². The van der Waals surface area contributed by atoms with Crippen LogP contribution < -0.4 is 5.32 Å². The molecule has 1 aromatic carbocycles. The van der Waals surface area contributed by atoms with E-state index in [9.17, 15) is 4.79 Å². The highest BCUT2D eigenvalue weighted by Crippen LogP contribution is 2.17. The predicted octanol–water partition coefficient (Wildman–Crippen LogP) is 3.61. The molecular weight excluding hydrogens is 256 g/mol. The van der Waals surface area contributed by atoms with Gasteiger partial charge in [-0.3, -0.25) is 4.79 Å². The summed E-state index contributed by atoms with van der Waals surface area (Å²) in [6, 6.07) is 7.60. The highest BCUT2D eigenvalue weighted by molar-refractivity contribution is 7.13. The summed E-state index contributed by atoms with van der Waals surface area (Å²) >= 11 is 7.23. The Morgan fingerprint density at radius 2 is 2.12 bits per heavy atom. The topological polar surface area (TPSA) is 42.0 Å². The number of anilines is 1. The van der Waals surface area contributed by atoms with Crippen LogP contribution in [0.2, 0.25) is 5.02 Å². The molecule has 88 valence electrons. The molecule has 1 aromatic heterocycles. The Balaban J connectivity index is 1.97. The zero-order valence-corrected chi connectivity index (χ0v) is 10.8. The lowest BCUT2D eigenvalue weighted by atomic mass is 10.2. The van der Waals surface area contributed by atoms with E-state index in [2.05, 4.69) is 10.3 Å². The zero-order valence-electron chi connectivity index (χ0n) is 9.24. The smallest absolute Gasteiger partial charge is 0.183 e. The maximum atomic E-state index is 11.1. The normalized spacial score (nSPS) is 10.2. The second kappa shape index (κ2) is 5.29. The van der Waals surface area contributed by atoms with Crippen molar-refractivity contribution in [1.82, 2.24) is 4.98 Å². The minimum absolute atomic E-state index is 0.0132. The molecule has 5 heteroatoms. The molecule has 0 saturated heterocycles. The first kappa shape index (κ1) is 12.1. The summed E-state index contributed by atoms with van der Waals surface area (Å²) in [6.45, 7) is 2.18. The fourth-order valence-electron chi connectivity index (χ4n) is 1.30. The minimum atomic E-state index is -0.0132. The fourth-order valence-corrected chi connectivity index (χ4v) is 2.17. The molecule has 1 heterocycles. The van der Waals surface area contributed by atoms with E-state index in [1.807, 2.05) is 24.3 Å². The van der Waals surface area contributed by atoms with Gasteiger partial charge in [-0.15, -0.1) is 11.3 Å². The van der Waals surface area contributed by atoms with Crippen molar-refractivity contribution in [2.75, 3.05) is 5.32 Å². The number of rotatable bonds is 4. The van der Waals surface area contributed by atoms with Gasteiger partial charge in [-0.1, -0.05) is 23.7 Å². The third-order valence-electron chi connectivity index (χ3n) is 2.22. The molecule has 0 amide bonds. The summed E-state index contributed by atoms with van der Waals surface area (Å²) in [5, 5.41) is 6.40. The monoisotopic (exact) mass is 266 g/mol. The Morgan fingerprint density at radius 3 is 2.71 bits per heavy atom. The molecule has 0 spiro atoms. The second-order valence-electron chi connectivity index (χ2n) is 3.57. The zero-order chi connectivity index (χ0) is 12.3. The number of Topliss-reactive ketones (excluding diaryl/α,β-unsaturated/α-hetero) is 1. The lowest BCUT2D eigenvalue weighted by molar-refractivity contribution is 0.101. The van der Waals surface area contributed by atoms with Gasteiger partial charge in [-0.25, -0.2) is 4.98 Å². The first-order valence-electron chi connectivity index (χ1n) is 5.10. The number of benzene rings is 1. The van der Waals surface area contributed by atoms with E-state index in [1.54, 1.807) is 5.38 Å². The van der Waals surface area contributed by atoms with Gasteiger partial charge in [0.05, 0.1) is 0 Å². The lowest BCUT2D eigenvalue weighted by Gasteiger charge is -2.02. The molecule has 0 aliphatic rings. The molecule has 0 bridgehead atoms. The maximum Gasteiger partial charge on any atom is 0.183 e. The number of aromatic nitrogens is 1. The average molecular weight is 267 g/mol. The van der Waals surface area contributed by atoms with Crippen molar-refractivity contribution < 1.29 is 4.79 Å². The van der Waals surface area contributed by atoms with Gasteiger partial charge in [-0.2, -0.15) is 0 Å². The summed E-state index contributed by atoms with van der Waals surface area (Å²) < 4.78 is 0. The molecule has 0 radical (unpaired) electrons. The van der Waals surface area contributed by atoms with Gasteiger partial charge in [0.15, 0.2) is 10.9 Å². The number of hydrogen-bond donors (Lipinski definition) is 1. The molecule has 1 N–H and O–H groups in total. The van der Waals surface area contributed by atoms with Crippen molar-refractivity contribution in [3.8, 4) is 0 Å². The molecule has 3 nitrogen and oxygen atoms in total. The van der Waals surface area contributed by atoms with Gasteiger partial charge in [0, 0.05) is 23.9 Å². The van der Waals surface area contributed by atoms with Gasteiger partial charge < -0.3 is 5.32 Å². The van der Waals surface area contributed by atoms with Crippen LogP contribution >= 0.6 is 22.9 Å². The molecular formula is C12H11ClN2OS. The Bertz CT molecular complexity index is 522. The molecule has 0 fully saturated rings. The summed E-state index contributed by atoms with van der Waals surface area (Å²) in [5.74, 6) is -0.0132. The molecule has 0 unspecified atom stereocenters.